The van der Waals surface area contributed by atoms with Crippen molar-refractivity contribution in [3.8, 4) is 5.75 Å². The van der Waals surface area contributed by atoms with Crippen LogP contribution in [-0.4, -0.2) is 39.4 Å². The summed E-state index contributed by atoms with van der Waals surface area (Å²) >= 11 is 5.82. The fourth-order valence-corrected chi connectivity index (χ4v) is 2.81. The van der Waals surface area contributed by atoms with Crippen molar-refractivity contribution in [3.05, 3.63) is 58.6 Å². The normalized spacial score (nSPS) is 10.3. The molecule has 0 atom stereocenters. The number of hydrogen-bond donors (Lipinski definition) is 1. The van der Waals surface area contributed by atoms with Crippen LogP contribution >= 0.6 is 11.6 Å². The Morgan fingerprint density at radius 2 is 1.60 bits per heavy atom. The monoisotopic (exact) mass is 435 g/mol. The SMILES string of the molecule is COC(=O)C(Cc1ccc(OC)c(COC(=O)Nc2ccc(Cl)cc2)c1)C(=O)OC. The van der Waals surface area contributed by atoms with Crippen molar-refractivity contribution < 1.29 is 33.3 Å². The summed E-state index contributed by atoms with van der Waals surface area (Å²) in [6.07, 6.45) is -0.598. The molecule has 8 nitrogen and oxygen atoms in total. The highest BCUT2D eigenvalue weighted by molar-refractivity contribution is 6.30. The van der Waals surface area contributed by atoms with Gasteiger partial charge >= 0.3 is 18.0 Å². The quantitative estimate of drug-likeness (QED) is 0.384. The Kier molecular flexibility index (Phi) is 8.49. The zero-order valence-corrected chi connectivity index (χ0v) is 17.5. The third-order valence-electron chi connectivity index (χ3n) is 4.21. The number of nitrogens with one attached hydrogen (secondary N) is 1. The van der Waals surface area contributed by atoms with Crippen LogP contribution in [0.5, 0.6) is 5.75 Å². The number of hydrogen-bond acceptors (Lipinski definition) is 7. The van der Waals surface area contributed by atoms with E-state index in [4.69, 9.17) is 21.1 Å². The number of esters is 2. The maximum absolute atomic E-state index is 12.1. The Labute approximate surface area is 179 Å². The molecule has 0 bridgehead atoms. The van der Waals surface area contributed by atoms with Crippen LogP contribution in [0.1, 0.15) is 11.1 Å². The summed E-state index contributed by atoms with van der Waals surface area (Å²) in [4.78, 5) is 35.9. The summed E-state index contributed by atoms with van der Waals surface area (Å²) in [5, 5.41) is 3.13. The van der Waals surface area contributed by atoms with Crippen molar-refractivity contribution in [2.24, 2.45) is 5.92 Å². The van der Waals surface area contributed by atoms with E-state index in [9.17, 15) is 14.4 Å². The van der Waals surface area contributed by atoms with E-state index in [1.54, 1.807) is 42.5 Å². The lowest BCUT2D eigenvalue weighted by atomic mass is 9.97. The molecule has 0 aliphatic heterocycles. The summed E-state index contributed by atoms with van der Waals surface area (Å²) in [5.74, 6) is -2.00. The van der Waals surface area contributed by atoms with Crippen LogP contribution < -0.4 is 10.1 Å². The Bertz CT molecular complexity index is 883. The first-order valence-electron chi connectivity index (χ1n) is 8.88. The number of ether oxygens (including phenoxy) is 4. The van der Waals surface area contributed by atoms with Crippen LogP contribution in [0.2, 0.25) is 5.02 Å². The fraction of sp³-hybridized carbons (Fsp3) is 0.286. The van der Waals surface area contributed by atoms with Crippen LogP contribution in [0.3, 0.4) is 0 Å². The Morgan fingerprint density at radius 1 is 0.967 bits per heavy atom. The predicted octanol–water partition coefficient (Wildman–Crippen LogP) is 3.60. The van der Waals surface area contributed by atoms with Gasteiger partial charge in [0.2, 0.25) is 0 Å². The molecule has 0 aliphatic carbocycles. The average Bonchev–Trinajstić information content (AvgIpc) is 2.76. The molecule has 1 N–H and O–H groups in total. The smallest absolute Gasteiger partial charge is 0.411 e. The summed E-state index contributed by atoms with van der Waals surface area (Å²) < 4.78 is 19.9. The molecule has 0 fully saturated rings. The van der Waals surface area contributed by atoms with Gasteiger partial charge in [0.1, 0.15) is 12.4 Å². The second-order valence-electron chi connectivity index (χ2n) is 6.16. The molecule has 0 heterocycles. The first-order chi connectivity index (χ1) is 14.4. The van der Waals surface area contributed by atoms with E-state index in [1.165, 1.54) is 21.3 Å². The predicted molar refractivity (Wildman–Crippen MR) is 109 cm³/mol. The highest BCUT2D eigenvalue weighted by atomic mass is 35.5. The lowest BCUT2D eigenvalue weighted by Gasteiger charge is -2.15. The molecule has 2 aromatic carbocycles. The van der Waals surface area contributed by atoms with Gasteiger partial charge in [0.15, 0.2) is 5.92 Å². The summed E-state index contributed by atoms with van der Waals surface area (Å²) in [6, 6.07) is 11.6. The van der Waals surface area contributed by atoms with E-state index in [2.05, 4.69) is 14.8 Å². The first-order valence-corrected chi connectivity index (χ1v) is 9.26. The molecule has 0 spiro atoms. The first kappa shape index (κ1) is 23.0. The van der Waals surface area contributed by atoms with Crippen molar-refractivity contribution in [3.63, 3.8) is 0 Å². The van der Waals surface area contributed by atoms with Gasteiger partial charge in [-0.25, -0.2) is 4.79 Å². The van der Waals surface area contributed by atoms with Crippen LogP contribution in [0.4, 0.5) is 10.5 Å². The van der Waals surface area contributed by atoms with Gasteiger partial charge in [-0.3, -0.25) is 14.9 Å². The molecule has 2 aromatic rings. The lowest BCUT2D eigenvalue weighted by molar-refractivity contribution is -0.158. The second kappa shape index (κ2) is 11.1. The molecule has 0 radical (unpaired) electrons. The molecule has 0 saturated carbocycles. The number of halogens is 1. The van der Waals surface area contributed by atoms with Crippen molar-refractivity contribution in [1.82, 2.24) is 0 Å². The van der Waals surface area contributed by atoms with Gasteiger partial charge < -0.3 is 18.9 Å². The van der Waals surface area contributed by atoms with Crippen molar-refractivity contribution in [2.45, 2.75) is 13.0 Å². The van der Waals surface area contributed by atoms with Crippen molar-refractivity contribution in [1.29, 1.82) is 0 Å². The molecular formula is C21H22ClNO7. The molecule has 0 aromatic heterocycles. The standard InChI is InChI=1S/C21H22ClNO7/c1-27-18-9-4-13(11-17(19(24)28-2)20(25)29-3)10-14(18)12-30-21(26)23-16-7-5-15(22)6-8-16/h4-10,17H,11-12H2,1-3H3,(H,23,26). The third-order valence-corrected chi connectivity index (χ3v) is 4.46. The molecule has 2 rings (SSSR count). The van der Waals surface area contributed by atoms with Crippen LogP contribution in [0, 0.1) is 5.92 Å². The maximum atomic E-state index is 12.1. The summed E-state index contributed by atoms with van der Waals surface area (Å²) in [7, 11) is 3.88. The van der Waals surface area contributed by atoms with E-state index in [0.29, 0.717) is 27.6 Å². The van der Waals surface area contributed by atoms with Gasteiger partial charge in [0.05, 0.1) is 21.3 Å². The Morgan fingerprint density at radius 3 is 2.17 bits per heavy atom. The molecule has 1 amide bonds. The van der Waals surface area contributed by atoms with E-state index in [1.807, 2.05) is 0 Å². The van der Waals surface area contributed by atoms with Crippen LogP contribution in [0.15, 0.2) is 42.5 Å². The Hall–Kier alpha value is -3.26. The lowest BCUT2D eigenvalue weighted by Crippen LogP contribution is -2.28. The fourth-order valence-electron chi connectivity index (χ4n) is 2.69. The minimum atomic E-state index is -1.10. The highest BCUT2D eigenvalue weighted by Crippen LogP contribution is 2.23. The van der Waals surface area contributed by atoms with E-state index in [0.717, 1.165) is 0 Å². The molecule has 160 valence electrons. The van der Waals surface area contributed by atoms with Crippen molar-refractivity contribution >= 4 is 35.3 Å². The number of amides is 1. The van der Waals surface area contributed by atoms with E-state index >= 15 is 0 Å². The maximum Gasteiger partial charge on any atom is 0.411 e. The number of carbonyl (C=O) groups is 3. The number of methoxy groups -OCH3 is 3. The highest BCUT2D eigenvalue weighted by Gasteiger charge is 2.29. The minimum Gasteiger partial charge on any atom is -0.496 e. The van der Waals surface area contributed by atoms with Gasteiger partial charge in [-0.2, -0.15) is 0 Å². The number of benzene rings is 2. The van der Waals surface area contributed by atoms with Crippen LogP contribution in [-0.2, 0) is 36.8 Å². The van der Waals surface area contributed by atoms with Gasteiger partial charge in [-0.1, -0.05) is 17.7 Å². The Balaban J connectivity index is 2.09. The molecule has 9 heteroatoms. The zero-order valence-electron chi connectivity index (χ0n) is 16.8. The molecule has 0 aliphatic rings. The third kappa shape index (κ3) is 6.38. The molecule has 0 unspecified atom stereocenters. The molecule has 0 saturated heterocycles. The van der Waals surface area contributed by atoms with Gasteiger partial charge in [0.25, 0.3) is 0 Å². The number of rotatable bonds is 8. The van der Waals surface area contributed by atoms with Gasteiger partial charge in [-0.15, -0.1) is 0 Å². The van der Waals surface area contributed by atoms with E-state index < -0.39 is 23.9 Å². The number of carbonyl (C=O) groups excluding carboxylic acids is 3. The van der Waals surface area contributed by atoms with Gasteiger partial charge in [-0.05, 0) is 48.4 Å². The largest absolute Gasteiger partial charge is 0.496 e. The number of anilines is 1. The van der Waals surface area contributed by atoms with Crippen LogP contribution in [0.25, 0.3) is 0 Å². The minimum absolute atomic E-state index is 0.0628. The van der Waals surface area contributed by atoms with Gasteiger partial charge in [0, 0.05) is 16.3 Å². The summed E-state index contributed by atoms with van der Waals surface area (Å²) in [6.45, 7) is -0.0858. The molecular weight excluding hydrogens is 414 g/mol. The molecule has 30 heavy (non-hydrogen) atoms. The zero-order chi connectivity index (χ0) is 22.1. The van der Waals surface area contributed by atoms with Crippen molar-refractivity contribution in [2.75, 3.05) is 26.6 Å². The topological polar surface area (TPSA) is 100 Å². The summed E-state index contributed by atoms with van der Waals surface area (Å²) in [5.41, 5.74) is 1.74. The van der Waals surface area contributed by atoms with E-state index in [-0.39, 0.29) is 13.0 Å². The average molecular weight is 436 g/mol. The second-order valence-corrected chi connectivity index (χ2v) is 6.59.